The molecule has 3 rings (SSSR count). The molecule has 2 aromatic carbocycles. The molecule has 32 heavy (non-hydrogen) atoms. The van der Waals surface area contributed by atoms with Crippen molar-refractivity contribution in [2.75, 3.05) is 25.0 Å². The molecule has 0 atom stereocenters. The van der Waals surface area contributed by atoms with Crippen LogP contribution in [0.3, 0.4) is 0 Å². The number of halogens is 1. The van der Waals surface area contributed by atoms with E-state index in [-0.39, 0.29) is 27.7 Å². The molecule has 0 radical (unpaired) electrons. The van der Waals surface area contributed by atoms with Gasteiger partial charge in [-0.1, -0.05) is 30.5 Å². The zero-order valence-corrected chi connectivity index (χ0v) is 19.8. The number of hydrogen-bond acceptors (Lipinski definition) is 5. The molecule has 0 bridgehead atoms. The molecule has 9 heteroatoms. The van der Waals surface area contributed by atoms with Crippen LogP contribution in [-0.4, -0.2) is 44.3 Å². The summed E-state index contributed by atoms with van der Waals surface area (Å²) in [6.45, 7) is 4.65. The maximum atomic E-state index is 13.1. The molecule has 1 aliphatic heterocycles. The number of benzene rings is 2. The van der Waals surface area contributed by atoms with Gasteiger partial charge in [0.1, 0.15) is 0 Å². The lowest BCUT2D eigenvalue weighted by Gasteiger charge is -2.20. The average Bonchev–Trinajstić information content (AvgIpc) is 3.04. The largest absolute Gasteiger partial charge is 0.462 e. The van der Waals surface area contributed by atoms with Gasteiger partial charge in [-0.2, -0.15) is 4.31 Å². The van der Waals surface area contributed by atoms with Crippen LogP contribution >= 0.6 is 11.6 Å². The molecule has 1 fully saturated rings. The van der Waals surface area contributed by atoms with Gasteiger partial charge in [-0.05, 0) is 62.6 Å². The first kappa shape index (κ1) is 24.2. The van der Waals surface area contributed by atoms with Gasteiger partial charge < -0.3 is 10.1 Å². The summed E-state index contributed by atoms with van der Waals surface area (Å²) in [6.07, 6.45) is 3.71. The van der Waals surface area contributed by atoms with Gasteiger partial charge in [-0.15, -0.1) is 0 Å². The number of nitrogens with zero attached hydrogens (tertiary/aromatic N) is 1. The van der Waals surface area contributed by atoms with E-state index in [1.807, 2.05) is 0 Å². The van der Waals surface area contributed by atoms with Gasteiger partial charge in [0, 0.05) is 24.3 Å². The van der Waals surface area contributed by atoms with E-state index in [9.17, 15) is 18.0 Å². The van der Waals surface area contributed by atoms with E-state index in [0.29, 0.717) is 24.3 Å². The van der Waals surface area contributed by atoms with Gasteiger partial charge in [-0.25, -0.2) is 13.2 Å². The Bertz CT molecular complexity index is 1110. The number of carbonyl (C=O) groups is 2. The van der Waals surface area contributed by atoms with Crippen LogP contribution in [0.25, 0.3) is 0 Å². The molecule has 0 saturated carbocycles. The normalized spacial score (nSPS) is 15.1. The summed E-state index contributed by atoms with van der Waals surface area (Å²) >= 11 is 6.17. The Hall–Kier alpha value is -2.42. The first-order valence-corrected chi connectivity index (χ1v) is 12.4. The van der Waals surface area contributed by atoms with Crippen molar-refractivity contribution in [3.05, 3.63) is 58.1 Å². The number of carbonyl (C=O) groups excluding carboxylic acids is 2. The number of ether oxygens (including phenoxy) is 1. The van der Waals surface area contributed by atoms with Gasteiger partial charge in [0.25, 0.3) is 5.91 Å². The molecule has 2 aromatic rings. The Balaban J connectivity index is 1.83. The van der Waals surface area contributed by atoms with Crippen molar-refractivity contribution in [1.82, 2.24) is 4.31 Å². The topological polar surface area (TPSA) is 92.8 Å². The summed E-state index contributed by atoms with van der Waals surface area (Å²) < 4.78 is 32.7. The fourth-order valence-corrected chi connectivity index (χ4v) is 5.40. The van der Waals surface area contributed by atoms with E-state index >= 15 is 0 Å². The summed E-state index contributed by atoms with van der Waals surface area (Å²) in [5.41, 5.74) is 1.49. The van der Waals surface area contributed by atoms with Crippen LogP contribution < -0.4 is 5.32 Å². The Morgan fingerprint density at radius 3 is 2.34 bits per heavy atom. The van der Waals surface area contributed by atoms with Gasteiger partial charge >= 0.3 is 5.97 Å². The van der Waals surface area contributed by atoms with Gasteiger partial charge in [0.05, 0.1) is 22.1 Å². The summed E-state index contributed by atoms with van der Waals surface area (Å²) in [6, 6.07) is 9.07. The summed E-state index contributed by atoms with van der Waals surface area (Å²) in [4.78, 5) is 24.9. The maximum absolute atomic E-state index is 13.1. The number of hydrogen-bond donors (Lipinski definition) is 1. The lowest BCUT2D eigenvalue weighted by atomic mass is 10.1. The Morgan fingerprint density at radius 2 is 1.72 bits per heavy atom. The standard InChI is InChI=1S/C23H27ClN2O5S/c1-3-31-23(28)19-11-9-17(14-21(19)24)25-22(27)20-15-18(10-8-16(20)2)32(29,30)26-12-6-4-5-7-13-26/h8-11,14-15H,3-7,12-13H2,1-2H3,(H,25,27). The predicted octanol–water partition coefficient (Wildman–Crippen LogP) is 4.64. The van der Waals surface area contributed by atoms with Crippen LogP contribution in [0.4, 0.5) is 5.69 Å². The molecule has 1 heterocycles. The second-order valence-electron chi connectivity index (χ2n) is 7.66. The molecule has 1 N–H and O–H groups in total. The van der Waals surface area contributed by atoms with Crippen molar-refractivity contribution >= 4 is 39.2 Å². The Morgan fingerprint density at radius 1 is 1.03 bits per heavy atom. The van der Waals surface area contributed by atoms with Crippen molar-refractivity contribution < 1.29 is 22.7 Å². The third-order valence-corrected chi connectivity index (χ3v) is 7.59. The Labute approximate surface area is 193 Å². The van der Waals surface area contributed by atoms with Crippen molar-refractivity contribution in [3.63, 3.8) is 0 Å². The zero-order chi connectivity index (χ0) is 23.3. The minimum atomic E-state index is -3.68. The van der Waals surface area contributed by atoms with Crippen molar-refractivity contribution in [1.29, 1.82) is 0 Å². The highest BCUT2D eigenvalue weighted by molar-refractivity contribution is 7.89. The average molecular weight is 479 g/mol. The summed E-state index contributed by atoms with van der Waals surface area (Å²) in [5.74, 6) is -1.01. The number of amides is 1. The van der Waals surface area contributed by atoms with E-state index in [4.69, 9.17) is 16.3 Å². The van der Waals surface area contributed by atoms with Crippen LogP contribution in [0.5, 0.6) is 0 Å². The molecule has 1 saturated heterocycles. The lowest BCUT2D eigenvalue weighted by molar-refractivity contribution is 0.0526. The highest BCUT2D eigenvalue weighted by Gasteiger charge is 2.26. The summed E-state index contributed by atoms with van der Waals surface area (Å²) in [5, 5.41) is 2.87. The first-order chi connectivity index (χ1) is 15.2. The molecule has 7 nitrogen and oxygen atoms in total. The second kappa shape index (κ2) is 10.5. The molecule has 0 unspecified atom stereocenters. The molecule has 1 aliphatic rings. The quantitative estimate of drug-likeness (QED) is 0.610. The van der Waals surface area contributed by atoms with Crippen LogP contribution in [0.2, 0.25) is 5.02 Å². The van der Waals surface area contributed by atoms with Gasteiger partial charge in [0.15, 0.2) is 0 Å². The van der Waals surface area contributed by atoms with E-state index < -0.39 is 21.9 Å². The minimum Gasteiger partial charge on any atom is -0.462 e. The van der Waals surface area contributed by atoms with Crippen LogP contribution in [0.15, 0.2) is 41.3 Å². The Kier molecular flexibility index (Phi) is 7.92. The fourth-order valence-electron chi connectivity index (χ4n) is 3.60. The monoisotopic (exact) mass is 478 g/mol. The van der Waals surface area contributed by atoms with Crippen LogP contribution in [0, 0.1) is 6.92 Å². The molecular weight excluding hydrogens is 452 g/mol. The van der Waals surface area contributed by atoms with Crippen molar-refractivity contribution in [3.8, 4) is 0 Å². The van der Waals surface area contributed by atoms with E-state index in [1.165, 1.54) is 28.6 Å². The van der Waals surface area contributed by atoms with E-state index in [1.54, 1.807) is 26.0 Å². The van der Waals surface area contributed by atoms with E-state index in [2.05, 4.69) is 5.32 Å². The number of aryl methyl sites for hydroxylation is 1. The predicted molar refractivity (Wildman–Crippen MR) is 124 cm³/mol. The third-order valence-electron chi connectivity index (χ3n) is 5.38. The summed E-state index contributed by atoms with van der Waals surface area (Å²) in [7, 11) is -3.68. The number of esters is 1. The van der Waals surface area contributed by atoms with E-state index in [0.717, 1.165) is 25.7 Å². The number of rotatable bonds is 6. The number of sulfonamides is 1. The van der Waals surface area contributed by atoms with Crippen molar-refractivity contribution in [2.24, 2.45) is 0 Å². The first-order valence-electron chi connectivity index (χ1n) is 10.6. The third kappa shape index (κ3) is 5.49. The molecule has 0 aliphatic carbocycles. The molecular formula is C23H27ClN2O5S. The molecule has 0 aromatic heterocycles. The molecule has 0 spiro atoms. The number of anilines is 1. The lowest BCUT2D eigenvalue weighted by Crippen LogP contribution is -2.32. The highest BCUT2D eigenvalue weighted by atomic mass is 35.5. The zero-order valence-electron chi connectivity index (χ0n) is 18.2. The molecule has 172 valence electrons. The fraction of sp³-hybridized carbons (Fsp3) is 0.391. The molecule has 1 amide bonds. The van der Waals surface area contributed by atoms with Crippen LogP contribution in [-0.2, 0) is 14.8 Å². The maximum Gasteiger partial charge on any atom is 0.339 e. The van der Waals surface area contributed by atoms with Gasteiger partial charge in [-0.3, -0.25) is 4.79 Å². The van der Waals surface area contributed by atoms with Gasteiger partial charge in [0.2, 0.25) is 10.0 Å². The highest BCUT2D eigenvalue weighted by Crippen LogP contribution is 2.25. The van der Waals surface area contributed by atoms with Crippen molar-refractivity contribution in [2.45, 2.75) is 44.4 Å². The smallest absolute Gasteiger partial charge is 0.339 e. The second-order valence-corrected chi connectivity index (χ2v) is 10.0. The van der Waals surface area contributed by atoms with Crippen LogP contribution in [0.1, 0.15) is 58.9 Å². The minimum absolute atomic E-state index is 0.103. The number of nitrogens with one attached hydrogen (secondary N) is 1. The SMILES string of the molecule is CCOC(=O)c1ccc(NC(=O)c2cc(S(=O)(=O)N3CCCCCC3)ccc2C)cc1Cl.